The van der Waals surface area contributed by atoms with Crippen molar-refractivity contribution in [2.45, 2.75) is 18.5 Å². The fourth-order valence-electron chi connectivity index (χ4n) is 3.97. The van der Waals surface area contributed by atoms with Crippen molar-refractivity contribution in [1.82, 2.24) is 10.2 Å². The van der Waals surface area contributed by atoms with Crippen molar-refractivity contribution in [1.29, 1.82) is 0 Å². The van der Waals surface area contributed by atoms with Gasteiger partial charge in [0.15, 0.2) is 0 Å². The molecule has 0 unspecified atom stereocenters. The monoisotopic (exact) mass is 558 g/mol. The molecule has 5 rings (SSSR count). The van der Waals surface area contributed by atoms with Gasteiger partial charge >= 0.3 is 18.5 Å². The Hall–Kier alpha value is -3.87. The largest absolute Gasteiger partial charge is 0.436 e. The predicted octanol–water partition coefficient (Wildman–Crippen LogP) is 9.36. The minimum Gasteiger partial charge on any atom is -0.436 e. The first kappa shape index (κ1) is 25.8. The number of hydrogen-bond acceptors (Lipinski definition) is 4. The lowest BCUT2D eigenvalue weighted by atomic mass is 10.0. The molecular formula is C25H11F9N2OS. The molecule has 0 N–H and O–H groups in total. The average Bonchev–Trinajstić information content (AvgIpc) is 3.35. The van der Waals surface area contributed by atoms with E-state index >= 15 is 0 Å². The number of alkyl halides is 9. The molecule has 196 valence electrons. The fraction of sp³-hybridized carbons (Fsp3) is 0.120. The van der Waals surface area contributed by atoms with Crippen molar-refractivity contribution < 1.29 is 44.3 Å². The number of ether oxygens (including phenoxy) is 1. The van der Waals surface area contributed by atoms with E-state index in [1.54, 1.807) is 47.8 Å². The zero-order valence-corrected chi connectivity index (χ0v) is 19.3. The summed E-state index contributed by atoms with van der Waals surface area (Å²) in [5.41, 5.74) is -6.60. The molecule has 0 bridgehead atoms. The van der Waals surface area contributed by atoms with Crippen LogP contribution in [0.25, 0.3) is 32.1 Å². The van der Waals surface area contributed by atoms with Gasteiger partial charge in [0, 0.05) is 10.8 Å². The Kier molecular flexibility index (Phi) is 6.01. The van der Waals surface area contributed by atoms with Crippen LogP contribution in [0.4, 0.5) is 39.5 Å². The molecule has 0 spiro atoms. The van der Waals surface area contributed by atoms with Gasteiger partial charge in [-0.2, -0.15) is 39.5 Å². The van der Waals surface area contributed by atoms with Crippen LogP contribution in [0, 0.1) is 0 Å². The molecule has 3 nitrogen and oxygen atoms in total. The summed E-state index contributed by atoms with van der Waals surface area (Å²) in [6.07, 6.45) is -16.9. The van der Waals surface area contributed by atoms with Gasteiger partial charge in [0.25, 0.3) is 0 Å². The Balaban J connectivity index is 1.80. The number of nitrogens with zero attached hydrogens (tertiary/aromatic N) is 2. The maximum Gasteiger partial charge on any atom is 0.420 e. The lowest BCUT2D eigenvalue weighted by molar-refractivity contribution is -0.164. The standard InChI is InChI=1S/C25H11F9N2OS/c26-23(27,28)14-10-17(24(29,30)31)20(25(32,33)34)18(11-14)37-22-16-9-13-5-2-1-4-12(13)8-15(16)21(35-36-22)19-6-3-7-38-19/h1-11H. The van der Waals surface area contributed by atoms with Gasteiger partial charge in [-0.05, 0) is 46.5 Å². The Morgan fingerprint density at radius 3 is 1.87 bits per heavy atom. The topological polar surface area (TPSA) is 35.0 Å². The molecular weight excluding hydrogens is 547 g/mol. The second kappa shape index (κ2) is 8.86. The van der Waals surface area contributed by atoms with Crippen molar-refractivity contribution in [3.05, 3.63) is 82.7 Å². The molecule has 3 aromatic carbocycles. The van der Waals surface area contributed by atoms with Gasteiger partial charge in [0.2, 0.25) is 5.88 Å². The van der Waals surface area contributed by atoms with Gasteiger partial charge in [-0.1, -0.05) is 30.3 Å². The third-order valence-electron chi connectivity index (χ3n) is 5.59. The van der Waals surface area contributed by atoms with E-state index in [0.717, 1.165) is 0 Å². The Labute approximate surface area is 211 Å². The Morgan fingerprint density at radius 1 is 0.658 bits per heavy atom. The number of aromatic nitrogens is 2. The van der Waals surface area contributed by atoms with Crippen LogP contribution in [0.15, 0.2) is 66.0 Å². The summed E-state index contributed by atoms with van der Waals surface area (Å²) >= 11 is 1.28. The molecule has 0 radical (unpaired) electrons. The second-order valence-electron chi connectivity index (χ2n) is 8.07. The van der Waals surface area contributed by atoms with E-state index in [1.807, 2.05) is 0 Å². The highest BCUT2D eigenvalue weighted by Gasteiger charge is 2.48. The molecule has 0 aliphatic heterocycles. The summed E-state index contributed by atoms with van der Waals surface area (Å²) in [4.78, 5) is 0.624. The number of thiophene rings is 1. The minimum absolute atomic E-state index is 0.0428. The smallest absolute Gasteiger partial charge is 0.420 e. The summed E-state index contributed by atoms with van der Waals surface area (Å²) in [6.45, 7) is 0. The molecule has 38 heavy (non-hydrogen) atoms. The summed E-state index contributed by atoms with van der Waals surface area (Å²) < 4.78 is 128. The highest BCUT2D eigenvalue weighted by Crippen LogP contribution is 2.49. The number of fused-ring (bicyclic) bond motifs is 2. The van der Waals surface area contributed by atoms with Crippen LogP contribution in [0.2, 0.25) is 0 Å². The van der Waals surface area contributed by atoms with Crippen LogP contribution >= 0.6 is 11.3 Å². The van der Waals surface area contributed by atoms with Crippen molar-refractivity contribution in [2.24, 2.45) is 0 Å². The van der Waals surface area contributed by atoms with Crippen LogP contribution in [0.5, 0.6) is 11.6 Å². The molecule has 0 saturated heterocycles. The van der Waals surface area contributed by atoms with E-state index in [4.69, 9.17) is 4.74 Å². The van der Waals surface area contributed by atoms with E-state index in [-0.39, 0.29) is 11.5 Å². The summed E-state index contributed by atoms with van der Waals surface area (Å²) in [5, 5.41) is 11.2. The van der Waals surface area contributed by atoms with Gasteiger partial charge < -0.3 is 4.74 Å². The van der Waals surface area contributed by atoms with Crippen LogP contribution in [-0.4, -0.2) is 10.2 Å². The van der Waals surface area contributed by atoms with Gasteiger partial charge in [0.05, 0.1) is 16.0 Å². The van der Waals surface area contributed by atoms with E-state index < -0.39 is 52.9 Å². The number of benzene rings is 3. The average molecular weight is 558 g/mol. The predicted molar refractivity (Wildman–Crippen MR) is 122 cm³/mol. The minimum atomic E-state index is -5.77. The van der Waals surface area contributed by atoms with Crippen LogP contribution in [0.3, 0.4) is 0 Å². The van der Waals surface area contributed by atoms with Gasteiger partial charge in [-0.15, -0.1) is 21.5 Å². The van der Waals surface area contributed by atoms with Crippen molar-refractivity contribution in [2.75, 3.05) is 0 Å². The lowest BCUT2D eigenvalue weighted by Gasteiger charge is -2.21. The number of rotatable bonds is 3. The third-order valence-corrected chi connectivity index (χ3v) is 6.47. The lowest BCUT2D eigenvalue weighted by Crippen LogP contribution is -2.20. The first-order chi connectivity index (χ1) is 17.7. The van der Waals surface area contributed by atoms with E-state index in [9.17, 15) is 39.5 Å². The van der Waals surface area contributed by atoms with Gasteiger partial charge in [0.1, 0.15) is 17.0 Å². The van der Waals surface area contributed by atoms with Crippen molar-refractivity contribution >= 4 is 32.9 Å². The zero-order chi connectivity index (χ0) is 27.5. The Bertz CT molecular complexity index is 1660. The first-order valence-corrected chi connectivity index (χ1v) is 11.4. The highest BCUT2D eigenvalue weighted by molar-refractivity contribution is 7.13. The zero-order valence-electron chi connectivity index (χ0n) is 18.5. The maximum absolute atomic E-state index is 13.8. The summed E-state index contributed by atoms with van der Waals surface area (Å²) in [5.74, 6) is -2.39. The van der Waals surface area contributed by atoms with E-state index in [1.165, 1.54) is 17.4 Å². The molecule has 2 heterocycles. The first-order valence-electron chi connectivity index (χ1n) is 10.5. The third kappa shape index (κ3) is 4.73. The molecule has 2 aromatic heterocycles. The molecule has 0 saturated carbocycles. The van der Waals surface area contributed by atoms with Crippen molar-refractivity contribution in [3.8, 4) is 22.2 Å². The second-order valence-corrected chi connectivity index (χ2v) is 9.02. The Morgan fingerprint density at radius 2 is 1.32 bits per heavy atom. The SMILES string of the molecule is FC(F)(F)c1cc(Oc2nnc(-c3cccs3)c3cc4ccccc4cc23)c(C(F)(F)F)c(C(F)(F)F)c1. The van der Waals surface area contributed by atoms with E-state index in [2.05, 4.69) is 10.2 Å². The van der Waals surface area contributed by atoms with Crippen molar-refractivity contribution in [3.63, 3.8) is 0 Å². The number of hydrogen-bond donors (Lipinski definition) is 0. The highest BCUT2D eigenvalue weighted by atomic mass is 32.1. The number of halogens is 9. The fourth-order valence-corrected chi connectivity index (χ4v) is 4.69. The maximum atomic E-state index is 13.8. The van der Waals surface area contributed by atoms with Crippen LogP contribution < -0.4 is 4.74 Å². The van der Waals surface area contributed by atoms with Crippen LogP contribution in [-0.2, 0) is 18.5 Å². The molecule has 5 aromatic rings. The molecule has 13 heteroatoms. The molecule has 0 atom stereocenters. The summed E-state index contributed by atoms with van der Waals surface area (Å²) in [7, 11) is 0. The van der Waals surface area contributed by atoms with Crippen LogP contribution in [0.1, 0.15) is 16.7 Å². The molecule has 0 aliphatic carbocycles. The van der Waals surface area contributed by atoms with Gasteiger partial charge in [-0.25, -0.2) is 0 Å². The molecule has 0 aliphatic rings. The normalized spacial score (nSPS) is 12.9. The van der Waals surface area contributed by atoms with E-state index in [0.29, 0.717) is 26.7 Å². The molecule has 0 fully saturated rings. The van der Waals surface area contributed by atoms with Gasteiger partial charge in [-0.3, -0.25) is 0 Å². The molecule has 0 amide bonds. The summed E-state index contributed by atoms with van der Waals surface area (Å²) in [6, 6.07) is 12.6. The quantitative estimate of drug-likeness (QED) is 0.164.